The number of aromatic nitrogens is 2. The molecule has 3 atom stereocenters. The van der Waals surface area contributed by atoms with Crippen molar-refractivity contribution in [1.29, 1.82) is 0 Å². The molecule has 8 heteroatoms. The Bertz CT molecular complexity index is 1350. The van der Waals surface area contributed by atoms with E-state index in [4.69, 9.17) is 14.5 Å². The summed E-state index contributed by atoms with van der Waals surface area (Å²) in [6.45, 7) is 2.04. The average molecular weight is 504 g/mol. The number of nitrogens with zero attached hydrogens (tertiary/aromatic N) is 3. The normalized spacial score (nSPS) is 24.4. The molecule has 194 valence electrons. The van der Waals surface area contributed by atoms with Gasteiger partial charge in [-0.25, -0.2) is 9.78 Å². The number of carbonyl (C=O) groups is 2. The lowest BCUT2D eigenvalue weighted by Crippen LogP contribution is -2.42. The van der Waals surface area contributed by atoms with Crippen LogP contribution in [0.15, 0.2) is 42.5 Å². The molecule has 0 bridgehead atoms. The summed E-state index contributed by atoms with van der Waals surface area (Å²) in [5.41, 5.74) is 3.23. The Hall–Kier alpha value is -3.55. The van der Waals surface area contributed by atoms with Crippen LogP contribution in [0, 0.1) is 5.92 Å². The molecular formula is C29H33N3O5. The smallest absolute Gasteiger partial charge is 0.414 e. The lowest BCUT2D eigenvalue weighted by atomic mass is 9.85. The molecule has 0 radical (unpaired) electrons. The number of para-hydroxylation sites is 1. The number of benzene rings is 2. The van der Waals surface area contributed by atoms with E-state index in [1.165, 1.54) is 7.11 Å². The molecule has 1 aromatic heterocycles. The maximum atomic E-state index is 12.7. The van der Waals surface area contributed by atoms with E-state index in [-0.39, 0.29) is 24.1 Å². The number of carbonyl (C=O) groups excluding carboxylic acids is 1. The minimum absolute atomic E-state index is 0.0315. The lowest BCUT2D eigenvalue weighted by Gasteiger charge is -2.34. The predicted octanol–water partition coefficient (Wildman–Crippen LogP) is 5.83. The van der Waals surface area contributed by atoms with Gasteiger partial charge in [-0.1, -0.05) is 24.6 Å². The van der Waals surface area contributed by atoms with Crippen molar-refractivity contribution < 1.29 is 24.2 Å². The molecule has 0 unspecified atom stereocenters. The molecule has 1 aliphatic heterocycles. The Kier molecular flexibility index (Phi) is 5.85. The van der Waals surface area contributed by atoms with Crippen molar-refractivity contribution in [2.45, 2.75) is 76.0 Å². The number of rotatable bonds is 5. The van der Waals surface area contributed by atoms with Crippen molar-refractivity contribution in [2.24, 2.45) is 5.92 Å². The molecule has 6 rings (SSSR count). The number of hydrogen-bond donors (Lipinski definition) is 1. The van der Waals surface area contributed by atoms with E-state index < -0.39 is 11.6 Å². The third-order valence-corrected chi connectivity index (χ3v) is 8.35. The monoisotopic (exact) mass is 503 g/mol. The summed E-state index contributed by atoms with van der Waals surface area (Å²) in [7, 11) is 1.41. The van der Waals surface area contributed by atoms with Gasteiger partial charge in [-0.3, -0.25) is 9.69 Å². The molecule has 0 spiro atoms. The molecular weight excluding hydrogens is 470 g/mol. The van der Waals surface area contributed by atoms with Crippen LogP contribution in [0.4, 0.5) is 10.5 Å². The highest BCUT2D eigenvalue weighted by molar-refractivity contribution is 5.95. The second-order valence-electron chi connectivity index (χ2n) is 10.7. The van der Waals surface area contributed by atoms with Gasteiger partial charge in [-0.2, -0.15) is 0 Å². The van der Waals surface area contributed by atoms with Gasteiger partial charge in [0.2, 0.25) is 0 Å². The Balaban J connectivity index is 1.51. The number of fused-ring (bicyclic) bond motifs is 3. The molecule has 2 fully saturated rings. The number of aryl methyl sites for hydroxylation is 1. The van der Waals surface area contributed by atoms with Gasteiger partial charge in [0.1, 0.15) is 5.75 Å². The van der Waals surface area contributed by atoms with Gasteiger partial charge in [0.05, 0.1) is 29.7 Å². The van der Waals surface area contributed by atoms with Gasteiger partial charge in [-0.15, -0.1) is 0 Å². The van der Waals surface area contributed by atoms with Crippen LogP contribution in [0.5, 0.6) is 5.75 Å². The van der Waals surface area contributed by atoms with Crippen LogP contribution in [0.1, 0.15) is 69.3 Å². The first-order chi connectivity index (χ1) is 17.9. The van der Waals surface area contributed by atoms with Crippen molar-refractivity contribution in [2.75, 3.05) is 12.0 Å². The van der Waals surface area contributed by atoms with Crippen molar-refractivity contribution >= 4 is 28.8 Å². The Labute approximate surface area is 216 Å². The molecule has 8 nitrogen and oxygen atoms in total. The van der Waals surface area contributed by atoms with Crippen LogP contribution in [0.3, 0.4) is 0 Å². The van der Waals surface area contributed by atoms with Crippen molar-refractivity contribution in [3.8, 4) is 5.75 Å². The van der Waals surface area contributed by atoms with E-state index in [1.54, 1.807) is 4.90 Å². The number of carboxylic acid groups (broad SMARTS) is 1. The quantitative estimate of drug-likeness (QED) is 0.471. The van der Waals surface area contributed by atoms with Gasteiger partial charge < -0.3 is 19.1 Å². The highest BCUT2D eigenvalue weighted by Crippen LogP contribution is 2.52. The summed E-state index contributed by atoms with van der Waals surface area (Å²) in [6, 6.07) is 13.9. The summed E-state index contributed by atoms with van der Waals surface area (Å²) < 4.78 is 14.0. The molecule has 2 aromatic carbocycles. The van der Waals surface area contributed by atoms with E-state index in [9.17, 15) is 14.7 Å². The van der Waals surface area contributed by atoms with Crippen LogP contribution in [-0.4, -0.2) is 39.9 Å². The van der Waals surface area contributed by atoms with E-state index >= 15 is 0 Å². The van der Waals surface area contributed by atoms with Gasteiger partial charge >= 0.3 is 12.1 Å². The third kappa shape index (κ3) is 4.03. The molecule has 2 heterocycles. The Morgan fingerprint density at radius 3 is 2.57 bits per heavy atom. The zero-order valence-electron chi connectivity index (χ0n) is 21.4. The summed E-state index contributed by atoms with van der Waals surface area (Å²) in [6.07, 6.45) is 6.04. The molecule has 2 saturated carbocycles. The Morgan fingerprint density at radius 1 is 1.08 bits per heavy atom. The topological polar surface area (TPSA) is 93.9 Å². The van der Waals surface area contributed by atoms with E-state index in [0.717, 1.165) is 72.4 Å². The highest BCUT2D eigenvalue weighted by Gasteiger charge is 2.52. The van der Waals surface area contributed by atoms with Crippen LogP contribution >= 0.6 is 0 Å². The number of hydrogen-bond acceptors (Lipinski definition) is 5. The summed E-state index contributed by atoms with van der Waals surface area (Å²) in [4.78, 5) is 31.6. The number of ether oxygens (including phenoxy) is 2. The zero-order chi connectivity index (χ0) is 25.7. The second kappa shape index (κ2) is 9.08. The fraction of sp³-hybridized carbons (Fsp3) is 0.483. The van der Waals surface area contributed by atoms with Crippen LogP contribution in [0.2, 0.25) is 0 Å². The first kappa shape index (κ1) is 23.8. The maximum Gasteiger partial charge on any atom is 0.414 e. The number of aliphatic carboxylic acids is 1. The minimum atomic E-state index is -0.725. The van der Waals surface area contributed by atoms with Gasteiger partial charge in [0.15, 0.2) is 11.4 Å². The zero-order valence-corrected chi connectivity index (χ0v) is 21.4. The van der Waals surface area contributed by atoms with Gasteiger partial charge in [0.25, 0.3) is 0 Å². The minimum Gasteiger partial charge on any atom is -0.481 e. The largest absolute Gasteiger partial charge is 0.481 e. The van der Waals surface area contributed by atoms with Crippen molar-refractivity contribution in [1.82, 2.24) is 9.55 Å². The van der Waals surface area contributed by atoms with Crippen LogP contribution in [-0.2, 0) is 21.6 Å². The second-order valence-corrected chi connectivity index (χ2v) is 10.7. The third-order valence-electron chi connectivity index (χ3n) is 8.35. The summed E-state index contributed by atoms with van der Waals surface area (Å²) in [5, 5.41) is 9.79. The molecule has 3 aromatic rings. The van der Waals surface area contributed by atoms with E-state index in [0.29, 0.717) is 12.8 Å². The number of methoxy groups -OCH3 is 1. The number of amides is 1. The number of carboxylic acids is 1. The average Bonchev–Trinajstić information content (AvgIpc) is 3.58. The van der Waals surface area contributed by atoms with E-state index in [1.807, 2.05) is 49.4 Å². The van der Waals surface area contributed by atoms with Gasteiger partial charge in [0, 0.05) is 17.6 Å². The fourth-order valence-corrected chi connectivity index (χ4v) is 6.29. The van der Waals surface area contributed by atoms with E-state index in [2.05, 4.69) is 4.57 Å². The lowest BCUT2D eigenvalue weighted by molar-refractivity contribution is -0.143. The molecule has 0 saturated heterocycles. The molecule has 1 amide bonds. The maximum absolute atomic E-state index is 12.7. The first-order valence-electron chi connectivity index (χ1n) is 13.3. The van der Waals surface area contributed by atoms with Gasteiger partial charge in [-0.05, 0) is 76.1 Å². The predicted molar refractivity (Wildman–Crippen MR) is 139 cm³/mol. The summed E-state index contributed by atoms with van der Waals surface area (Å²) in [5.74, 6) is 0.595. The van der Waals surface area contributed by atoms with Crippen LogP contribution < -0.4 is 9.64 Å². The molecule has 3 aliphatic rings. The Morgan fingerprint density at radius 2 is 1.86 bits per heavy atom. The van der Waals surface area contributed by atoms with Crippen molar-refractivity contribution in [3.05, 3.63) is 53.9 Å². The number of anilines is 1. The first-order valence-corrected chi connectivity index (χ1v) is 13.3. The van der Waals surface area contributed by atoms with Crippen LogP contribution in [0.25, 0.3) is 11.0 Å². The fourth-order valence-electron chi connectivity index (χ4n) is 6.29. The SMILES string of the molecule is COC(=O)N1c2ccc3c(nc(C4(Oc5ccccc5)CC4)n3[C@@H]3CCC[C@@H](C(=O)O)C3)c2CC[C@@H]1C. The summed E-state index contributed by atoms with van der Waals surface area (Å²) >= 11 is 0. The highest BCUT2D eigenvalue weighted by atomic mass is 16.5. The van der Waals surface area contributed by atoms with Crippen molar-refractivity contribution in [3.63, 3.8) is 0 Å². The molecule has 1 N–H and O–H groups in total. The standard InChI is InChI=1S/C29H33N3O5/c1-18-11-12-22-23(31(18)28(35)36-2)13-14-24-25(22)30-27(29(15-16-29)37-21-9-4-3-5-10-21)32(24)20-8-6-7-19(17-20)26(33)34/h3-5,9-10,13-14,18-20H,6-8,11-12,15-17H2,1-2H3,(H,33,34)/t18-,19+,20+/m0/s1. The molecule has 37 heavy (non-hydrogen) atoms. The molecule has 2 aliphatic carbocycles. The number of imidazole rings is 1.